The normalized spacial score (nSPS) is 18.3. The number of nitrogens with zero attached hydrogens (tertiary/aromatic N) is 1. The summed E-state index contributed by atoms with van der Waals surface area (Å²) in [5.74, 6) is 0.705. The molecule has 0 aliphatic carbocycles. The monoisotopic (exact) mass is 372 g/mol. The zero-order valence-electron chi connectivity index (χ0n) is 13.9. The predicted octanol–water partition coefficient (Wildman–Crippen LogP) is 2.74. The van der Waals surface area contributed by atoms with Crippen LogP contribution in [0.4, 0.5) is 5.69 Å². The number of rotatable bonds is 4. The Morgan fingerprint density at radius 1 is 1.15 bits per heavy atom. The standard InChI is InChI=1S/C19H17ClN2O4/c20-14-3-1-12(2-4-14)9-21-19(24)13-7-18(23)22(10-13)15-5-6-16-17(8-15)26-11-25-16/h1-6,8,13H,7,9-11H2,(H,21,24). The highest BCUT2D eigenvalue weighted by molar-refractivity contribution is 6.30. The molecule has 2 heterocycles. The molecule has 134 valence electrons. The zero-order valence-corrected chi connectivity index (χ0v) is 14.7. The average Bonchev–Trinajstić information content (AvgIpc) is 3.26. The lowest BCUT2D eigenvalue weighted by Crippen LogP contribution is -2.32. The van der Waals surface area contributed by atoms with E-state index in [2.05, 4.69) is 5.32 Å². The molecule has 1 atom stereocenters. The Balaban J connectivity index is 1.39. The van der Waals surface area contributed by atoms with Crippen molar-refractivity contribution in [2.45, 2.75) is 13.0 Å². The molecular formula is C19H17ClN2O4. The van der Waals surface area contributed by atoms with Crippen molar-refractivity contribution >= 4 is 29.1 Å². The van der Waals surface area contributed by atoms with Gasteiger partial charge in [0.1, 0.15) is 0 Å². The molecule has 2 aromatic rings. The minimum Gasteiger partial charge on any atom is -0.454 e. The lowest BCUT2D eigenvalue weighted by atomic mass is 10.1. The van der Waals surface area contributed by atoms with Crippen molar-refractivity contribution in [3.63, 3.8) is 0 Å². The Kier molecular flexibility index (Phi) is 4.42. The molecule has 6 nitrogen and oxygen atoms in total. The second-order valence-corrected chi connectivity index (χ2v) is 6.72. The highest BCUT2D eigenvalue weighted by atomic mass is 35.5. The lowest BCUT2D eigenvalue weighted by Gasteiger charge is -2.17. The van der Waals surface area contributed by atoms with Gasteiger partial charge in [-0.05, 0) is 29.8 Å². The molecule has 1 saturated heterocycles. The maximum atomic E-state index is 12.4. The number of carbonyl (C=O) groups is 2. The van der Waals surface area contributed by atoms with E-state index < -0.39 is 0 Å². The number of amides is 2. The van der Waals surface area contributed by atoms with E-state index in [0.717, 1.165) is 5.56 Å². The van der Waals surface area contributed by atoms with E-state index in [0.29, 0.717) is 35.3 Å². The van der Waals surface area contributed by atoms with Gasteiger partial charge < -0.3 is 19.7 Å². The van der Waals surface area contributed by atoms with Gasteiger partial charge in [0, 0.05) is 36.3 Å². The first-order chi connectivity index (χ1) is 12.6. The van der Waals surface area contributed by atoms with Crippen LogP contribution >= 0.6 is 11.6 Å². The fraction of sp³-hybridized carbons (Fsp3) is 0.263. The fourth-order valence-electron chi connectivity index (χ4n) is 3.12. The Hall–Kier alpha value is -2.73. The molecule has 2 aliphatic rings. The van der Waals surface area contributed by atoms with Gasteiger partial charge in [0.25, 0.3) is 0 Å². The number of hydrogen-bond acceptors (Lipinski definition) is 4. The fourth-order valence-corrected chi connectivity index (χ4v) is 3.25. The summed E-state index contributed by atoms with van der Waals surface area (Å²) >= 11 is 5.86. The molecule has 1 N–H and O–H groups in total. The summed E-state index contributed by atoms with van der Waals surface area (Å²) in [6.45, 7) is 0.943. The molecule has 4 rings (SSSR count). The van der Waals surface area contributed by atoms with Crippen LogP contribution in [0.5, 0.6) is 11.5 Å². The third-order valence-electron chi connectivity index (χ3n) is 4.54. The van der Waals surface area contributed by atoms with Gasteiger partial charge in [0.15, 0.2) is 11.5 Å². The molecule has 0 bridgehead atoms. The SMILES string of the molecule is O=C(NCc1ccc(Cl)cc1)C1CC(=O)N(c2ccc3c(c2)OCO3)C1. The van der Waals surface area contributed by atoms with Gasteiger partial charge in [0.2, 0.25) is 18.6 Å². The van der Waals surface area contributed by atoms with Crippen molar-refractivity contribution in [1.29, 1.82) is 0 Å². The minimum absolute atomic E-state index is 0.0736. The van der Waals surface area contributed by atoms with Crippen LogP contribution in [0.25, 0.3) is 0 Å². The maximum Gasteiger partial charge on any atom is 0.231 e. The molecule has 2 aromatic carbocycles. The summed E-state index contributed by atoms with van der Waals surface area (Å²) in [6.07, 6.45) is 0.195. The van der Waals surface area contributed by atoms with Crippen molar-refractivity contribution in [3.8, 4) is 11.5 Å². The van der Waals surface area contributed by atoms with Gasteiger partial charge in [-0.25, -0.2) is 0 Å². The van der Waals surface area contributed by atoms with Crippen molar-refractivity contribution in [2.24, 2.45) is 5.92 Å². The minimum atomic E-state index is -0.375. The van der Waals surface area contributed by atoms with Gasteiger partial charge in [0.05, 0.1) is 5.92 Å². The highest BCUT2D eigenvalue weighted by Gasteiger charge is 2.35. The second-order valence-electron chi connectivity index (χ2n) is 6.29. The van der Waals surface area contributed by atoms with Crippen molar-refractivity contribution in [3.05, 3.63) is 53.1 Å². The third kappa shape index (κ3) is 3.32. The molecule has 0 aromatic heterocycles. The van der Waals surface area contributed by atoms with Crippen LogP contribution in [0.15, 0.2) is 42.5 Å². The first-order valence-corrected chi connectivity index (χ1v) is 8.70. The molecule has 1 unspecified atom stereocenters. The summed E-state index contributed by atoms with van der Waals surface area (Å²) in [6, 6.07) is 12.6. The van der Waals surface area contributed by atoms with E-state index in [9.17, 15) is 9.59 Å². The molecule has 0 spiro atoms. The van der Waals surface area contributed by atoms with E-state index in [1.165, 1.54) is 0 Å². The third-order valence-corrected chi connectivity index (χ3v) is 4.80. The molecule has 2 amide bonds. The maximum absolute atomic E-state index is 12.4. The molecule has 7 heteroatoms. The summed E-state index contributed by atoms with van der Waals surface area (Å²) in [7, 11) is 0. The molecule has 1 fully saturated rings. The van der Waals surface area contributed by atoms with Gasteiger partial charge in [-0.1, -0.05) is 23.7 Å². The smallest absolute Gasteiger partial charge is 0.231 e. The number of anilines is 1. The summed E-state index contributed by atoms with van der Waals surface area (Å²) in [5.41, 5.74) is 1.67. The van der Waals surface area contributed by atoms with Crippen LogP contribution in [-0.4, -0.2) is 25.2 Å². The van der Waals surface area contributed by atoms with Crippen LogP contribution in [-0.2, 0) is 16.1 Å². The zero-order chi connectivity index (χ0) is 18.1. The number of nitrogens with one attached hydrogen (secondary N) is 1. The molecule has 0 radical (unpaired) electrons. The summed E-state index contributed by atoms with van der Waals surface area (Å²) < 4.78 is 10.6. The van der Waals surface area contributed by atoms with Crippen LogP contribution in [0.2, 0.25) is 5.02 Å². The summed E-state index contributed by atoms with van der Waals surface area (Å²) in [4.78, 5) is 26.4. The number of carbonyl (C=O) groups excluding carboxylic acids is 2. The van der Waals surface area contributed by atoms with Crippen LogP contribution in [0.3, 0.4) is 0 Å². The molecular weight excluding hydrogens is 356 g/mol. The number of fused-ring (bicyclic) bond motifs is 1. The highest BCUT2D eigenvalue weighted by Crippen LogP contribution is 2.37. The quantitative estimate of drug-likeness (QED) is 0.896. The molecule has 2 aliphatic heterocycles. The van der Waals surface area contributed by atoms with E-state index in [1.807, 2.05) is 12.1 Å². The lowest BCUT2D eigenvalue weighted by molar-refractivity contribution is -0.126. The Bertz CT molecular complexity index is 853. The van der Waals surface area contributed by atoms with Gasteiger partial charge >= 0.3 is 0 Å². The van der Waals surface area contributed by atoms with Gasteiger partial charge in [-0.15, -0.1) is 0 Å². The predicted molar refractivity (Wildman–Crippen MR) is 96.3 cm³/mol. The van der Waals surface area contributed by atoms with Crippen molar-refractivity contribution in [2.75, 3.05) is 18.2 Å². The number of benzene rings is 2. The van der Waals surface area contributed by atoms with Crippen molar-refractivity contribution in [1.82, 2.24) is 5.32 Å². The number of ether oxygens (including phenoxy) is 2. The average molecular weight is 373 g/mol. The summed E-state index contributed by atoms with van der Waals surface area (Å²) in [5, 5.41) is 3.54. The van der Waals surface area contributed by atoms with Crippen LogP contribution < -0.4 is 19.7 Å². The second kappa shape index (κ2) is 6.88. The topological polar surface area (TPSA) is 67.9 Å². The number of halogens is 1. The van der Waals surface area contributed by atoms with E-state index in [1.54, 1.807) is 35.2 Å². The molecule has 26 heavy (non-hydrogen) atoms. The molecule has 0 saturated carbocycles. The van der Waals surface area contributed by atoms with E-state index in [4.69, 9.17) is 21.1 Å². The van der Waals surface area contributed by atoms with Gasteiger partial charge in [-0.3, -0.25) is 9.59 Å². The first kappa shape index (κ1) is 16.7. The first-order valence-electron chi connectivity index (χ1n) is 8.32. The number of hydrogen-bond donors (Lipinski definition) is 1. The van der Waals surface area contributed by atoms with Crippen LogP contribution in [0, 0.1) is 5.92 Å². The van der Waals surface area contributed by atoms with E-state index >= 15 is 0 Å². The Morgan fingerprint density at radius 3 is 2.73 bits per heavy atom. The van der Waals surface area contributed by atoms with Crippen molar-refractivity contribution < 1.29 is 19.1 Å². The van der Waals surface area contributed by atoms with Gasteiger partial charge in [-0.2, -0.15) is 0 Å². The Labute approximate surface area is 155 Å². The Morgan fingerprint density at radius 2 is 1.92 bits per heavy atom. The van der Waals surface area contributed by atoms with Crippen LogP contribution in [0.1, 0.15) is 12.0 Å². The van der Waals surface area contributed by atoms with E-state index in [-0.39, 0.29) is 30.9 Å². The largest absolute Gasteiger partial charge is 0.454 e.